The molecule has 0 spiro atoms. The number of halogens is 5. The summed E-state index contributed by atoms with van der Waals surface area (Å²) in [5, 5.41) is 0.275. The van der Waals surface area contributed by atoms with Gasteiger partial charge in [0.05, 0.1) is 30.8 Å². The number of carbonyl (C=O) groups is 1. The number of hydrogen-bond donors (Lipinski definition) is 0. The van der Waals surface area contributed by atoms with Gasteiger partial charge in [-0.15, -0.1) is 13.2 Å². The minimum Gasteiger partial charge on any atom is -0.496 e. The zero-order valence-electron chi connectivity index (χ0n) is 16.0. The van der Waals surface area contributed by atoms with Crippen LogP contribution in [0, 0.1) is 0 Å². The Kier molecular flexibility index (Phi) is 6.30. The first-order valence-electron chi connectivity index (χ1n) is 8.84. The van der Waals surface area contributed by atoms with E-state index in [9.17, 15) is 22.4 Å². The van der Waals surface area contributed by atoms with Crippen molar-refractivity contribution >= 4 is 17.5 Å². The number of benzene rings is 2. The second-order valence-corrected chi connectivity index (χ2v) is 6.98. The van der Waals surface area contributed by atoms with Gasteiger partial charge in [-0.05, 0) is 29.8 Å². The van der Waals surface area contributed by atoms with E-state index in [-0.39, 0.29) is 23.7 Å². The third-order valence-corrected chi connectivity index (χ3v) is 5.03. The number of methoxy groups -OCH3 is 2. The molecule has 2 atom stereocenters. The number of ether oxygens (including phenoxy) is 3. The Balaban J connectivity index is 1.92. The van der Waals surface area contributed by atoms with E-state index in [2.05, 4.69) is 4.74 Å². The summed E-state index contributed by atoms with van der Waals surface area (Å²) in [4.78, 5) is 13.8. The number of carbonyl (C=O) groups excluding carboxylic acids is 1. The van der Waals surface area contributed by atoms with Gasteiger partial charge in [-0.25, -0.2) is 4.39 Å². The van der Waals surface area contributed by atoms with Gasteiger partial charge in [0.1, 0.15) is 17.2 Å². The summed E-state index contributed by atoms with van der Waals surface area (Å²) in [6.45, 7) is -0.0327. The van der Waals surface area contributed by atoms with Crippen molar-refractivity contribution in [3.05, 3.63) is 52.5 Å². The standard InChI is InChI=1S/C20H18ClF4NO4/c1-28-16-8-7-13(21)18(29-2)17(16)15-9-14(22)19(27)26(15)10-11-3-5-12(6-4-11)30-20(23,24)25/h3-8,14-15H,9-10H2,1-2H3/t14-,15+/m0/s1. The Morgan fingerprint density at radius 1 is 1.10 bits per heavy atom. The van der Waals surface area contributed by atoms with Crippen LogP contribution in [-0.2, 0) is 11.3 Å². The van der Waals surface area contributed by atoms with E-state index in [0.29, 0.717) is 16.9 Å². The van der Waals surface area contributed by atoms with Crippen molar-refractivity contribution in [2.45, 2.75) is 31.5 Å². The number of alkyl halides is 4. The fourth-order valence-electron chi connectivity index (χ4n) is 3.47. The van der Waals surface area contributed by atoms with Crippen LogP contribution in [0.3, 0.4) is 0 Å². The second kappa shape index (κ2) is 8.59. The molecular formula is C20H18ClF4NO4. The predicted molar refractivity (Wildman–Crippen MR) is 100 cm³/mol. The van der Waals surface area contributed by atoms with Crippen LogP contribution in [0.4, 0.5) is 17.6 Å². The lowest BCUT2D eigenvalue weighted by Crippen LogP contribution is -2.30. The molecule has 0 radical (unpaired) electrons. The molecule has 1 saturated heterocycles. The van der Waals surface area contributed by atoms with Crippen molar-refractivity contribution in [3.63, 3.8) is 0 Å². The van der Waals surface area contributed by atoms with Gasteiger partial charge in [-0.2, -0.15) is 0 Å². The van der Waals surface area contributed by atoms with Gasteiger partial charge in [0, 0.05) is 13.0 Å². The summed E-state index contributed by atoms with van der Waals surface area (Å²) in [5.74, 6) is -0.485. The van der Waals surface area contributed by atoms with Crippen LogP contribution in [0.15, 0.2) is 36.4 Å². The van der Waals surface area contributed by atoms with E-state index in [1.807, 2.05) is 0 Å². The van der Waals surface area contributed by atoms with E-state index < -0.39 is 30.2 Å². The Bertz CT molecular complexity index is 920. The minimum absolute atomic E-state index is 0.0327. The Hall–Kier alpha value is -2.68. The average molecular weight is 448 g/mol. The van der Waals surface area contributed by atoms with Crippen LogP contribution in [0.2, 0.25) is 5.02 Å². The van der Waals surface area contributed by atoms with Gasteiger partial charge < -0.3 is 19.1 Å². The largest absolute Gasteiger partial charge is 0.573 e. The molecule has 0 N–H and O–H groups in total. The van der Waals surface area contributed by atoms with Crippen LogP contribution >= 0.6 is 11.6 Å². The molecule has 0 saturated carbocycles. The predicted octanol–water partition coefficient (Wildman–Crippen LogP) is 5.07. The van der Waals surface area contributed by atoms with Crippen LogP contribution in [0.1, 0.15) is 23.6 Å². The molecule has 1 amide bonds. The Morgan fingerprint density at radius 3 is 2.33 bits per heavy atom. The lowest BCUT2D eigenvalue weighted by molar-refractivity contribution is -0.274. The highest BCUT2D eigenvalue weighted by Crippen LogP contribution is 2.46. The fourth-order valence-corrected chi connectivity index (χ4v) is 3.71. The molecule has 162 valence electrons. The molecule has 5 nitrogen and oxygen atoms in total. The van der Waals surface area contributed by atoms with Gasteiger partial charge in [-0.1, -0.05) is 23.7 Å². The fraction of sp³-hybridized carbons (Fsp3) is 0.350. The van der Waals surface area contributed by atoms with Crippen molar-refractivity contribution in [2.24, 2.45) is 0 Å². The third-order valence-electron chi connectivity index (χ3n) is 4.73. The van der Waals surface area contributed by atoms with Gasteiger partial charge >= 0.3 is 6.36 Å². The maximum absolute atomic E-state index is 14.4. The zero-order chi connectivity index (χ0) is 22.1. The molecule has 1 fully saturated rings. The number of rotatable bonds is 6. The molecule has 0 aromatic heterocycles. The molecule has 1 heterocycles. The number of likely N-dealkylation sites (tertiary alicyclic amines) is 1. The monoisotopic (exact) mass is 447 g/mol. The Morgan fingerprint density at radius 2 is 1.77 bits per heavy atom. The first kappa shape index (κ1) is 22.0. The van der Waals surface area contributed by atoms with Gasteiger partial charge in [0.25, 0.3) is 5.91 Å². The third kappa shape index (κ3) is 4.56. The van der Waals surface area contributed by atoms with Crippen molar-refractivity contribution in [1.29, 1.82) is 0 Å². The molecule has 1 aliphatic rings. The van der Waals surface area contributed by atoms with E-state index in [1.165, 1.54) is 31.3 Å². The quantitative estimate of drug-likeness (QED) is 0.580. The number of amides is 1. The molecule has 10 heteroatoms. The van der Waals surface area contributed by atoms with E-state index in [1.54, 1.807) is 12.1 Å². The summed E-state index contributed by atoms with van der Waals surface area (Å²) in [7, 11) is 2.83. The maximum Gasteiger partial charge on any atom is 0.573 e. The maximum atomic E-state index is 14.4. The first-order valence-corrected chi connectivity index (χ1v) is 9.22. The number of nitrogens with zero attached hydrogens (tertiary/aromatic N) is 1. The molecule has 0 bridgehead atoms. The molecular weight excluding hydrogens is 430 g/mol. The van der Waals surface area contributed by atoms with Gasteiger partial charge in [0.2, 0.25) is 0 Å². The molecule has 1 aliphatic heterocycles. The molecule has 2 aromatic rings. The summed E-state index contributed by atoms with van der Waals surface area (Å²) in [6, 6.07) is 7.44. The number of hydrogen-bond acceptors (Lipinski definition) is 4. The molecule has 3 rings (SSSR count). The van der Waals surface area contributed by atoms with Gasteiger partial charge in [0.15, 0.2) is 6.17 Å². The van der Waals surface area contributed by atoms with E-state index in [4.69, 9.17) is 21.1 Å². The highest BCUT2D eigenvalue weighted by Gasteiger charge is 2.43. The van der Waals surface area contributed by atoms with Crippen LogP contribution in [0.25, 0.3) is 0 Å². The van der Waals surface area contributed by atoms with E-state index in [0.717, 1.165) is 12.1 Å². The molecule has 30 heavy (non-hydrogen) atoms. The van der Waals surface area contributed by atoms with Crippen molar-refractivity contribution in [1.82, 2.24) is 4.90 Å². The average Bonchev–Trinajstić information content (AvgIpc) is 2.96. The van der Waals surface area contributed by atoms with Gasteiger partial charge in [-0.3, -0.25) is 4.79 Å². The highest BCUT2D eigenvalue weighted by molar-refractivity contribution is 6.32. The van der Waals surface area contributed by atoms with Crippen molar-refractivity contribution in [2.75, 3.05) is 14.2 Å². The molecule has 0 unspecified atom stereocenters. The second-order valence-electron chi connectivity index (χ2n) is 6.57. The van der Waals surface area contributed by atoms with Crippen LogP contribution in [-0.4, -0.2) is 37.6 Å². The smallest absolute Gasteiger partial charge is 0.496 e. The van der Waals surface area contributed by atoms with Crippen molar-refractivity contribution in [3.8, 4) is 17.2 Å². The topological polar surface area (TPSA) is 48.0 Å². The van der Waals surface area contributed by atoms with Crippen LogP contribution in [0.5, 0.6) is 17.2 Å². The minimum atomic E-state index is -4.81. The normalized spacial score (nSPS) is 19.2. The molecule has 0 aliphatic carbocycles. The lowest BCUT2D eigenvalue weighted by Gasteiger charge is -2.28. The zero-order valence-corrected chi connectivity index (χ0v) is 16.8. The Labute approximate surface area is 175 Å². The molecule has 2 aromatic carbocycles. The summed E-state index contributed by atoms with van der Waals surface area (Å²) in [6.07, 6.45) is -6.68. The highest BCUT2D eigenvalue weighted by atomic mass is 35.5. The van der Waals surface area contributed by atoms with Crippen LogP contribution < -0.4 is 14.2 Å². The summed E-state index contributed by atoms with van der Waals surface area (Å²) < 4.78 is 65.9. The lowest BCUT2D eigenvalue weighted by atomic mass is 10.0. The SMILES string of the molecule is COc1ccc(Cl)c(OC)c1[C@H]1C[C@H](F)C(=O)N1Cc1ccc(OC(F)(F)F)cc1. The summed E-state index contributed by atoms with van der Waals surface area (Å²) in [5.41, 5.74) is 0.926. The van der Waals surface area contributed by atoms with E-state index >= 15 is 0 Å². The van der Waals surface area contributed by atoms with Crippen molar-refractivity contribution < 1.29 is 36.6 Å². The first-order chi connectivity index (χ1) is 14.1. The summed E-state index contributed by atoms with van der Waals surface area (Å²) >= 11 is 6.20.